The number of aromatic nitrogens is 1. The van der Waals surface area contributed by atoms with E-state index in [2.05, 4.69) is 15.6 Å². The fraction of sp³-hybridized carbons (Fsp3) is 0.429. The summed E-state index contributed by atoms with van der Waals surface area (Å²) in [7, 11) is 0. The zero-order chi connectivity index (χ0) is 12.8. The zero-order valence-electron chi connectivity index (χ0n) is 10.4. The molecule has 5 nitrogen and oxygen atoms in total. The van der Waals surface area contributed by atoms with E-state index in [1.807, 2.05) is 6.07 Å². The van der Waals surface area contributed by atoms with E-state index in [4.69, 9.17) is 4.42 Å². The van der Waals surface area contributed by atoms with E-state index in [0.717, 1.165) is 18.2 Å². The average molecular weight is 257 g/mol. The first kappa shape index (κ1) is 11.0. The highest BCUT2D eigenvalue weighted by Crippen LogP contribution is 2.28. The fourth-order valence-corrected chi connectivity index (χ4v) is 3.22. The summed E-state index contributed by atoms with van der Waals surface area (Å²) in [4.78, 5) is 16.4. The van der Waals surface area contributed by atoms with Crippen molar-refractivity contribution in [3.8, 4) is 0 Å². The number of rotatable bonds is 2. The lowest BCUT2D eigenvalue weighted by Crippen LogP contribution is -2.43. The van der Waals surface area contributed by atoms with Gasteiger partial charge in [-0.05, 0) is 31.4 Å². The Kier molecular flexibility index (Phi) is 2.35. The second-order valence-corrected chi connectivity index (χ2v) is 5.39. The van der Waals surface area contributed by atoms with E-state index in [9.17, 15) is 4.79 Å². The molecule has 2 aliphatic rings. The van der Waals surface area contributed by atoms with Crippen molar-refractivity contribution in [2.24, 2.45) is 0 Å². The van der Waals surface area contributed by atoms with Gasteiger partial charge in [0.2, 0.25) is 0 Å². The van der Waals surface area contributed by atoms with Gasteiger partial charge in [0.05, 0.1) is 12.5 Å². The molecule has 2 aromatic rings. The molecule has 98 valence electrons. The number of hydrogen-bond acceptors (Lipinski definition) is 4. The van der Waals surface area contributed by atoms with Gasteiger partial charge in [-0.2, -0.15) is 0 Å². The number of carbonyl (C=O) groups is 1. The molecule has 19 heavy (non-hydrogen) atoms. The van der Waals surface area contributed by atoms with Crippen LogP contribution in [0.15, 0.2) is 29.0 Å². The Bertz CT molecular complexity index is 636. The Morgan fingerprint density at radius 2 is 2.42 bits per heavy atom. The monoisotopic (exact) mass is 257 g/mol. The van der Waals surface area contributed by atoms with Gasteiger partial charge in [0, 0.05) is 23.5 Å². The van der Waals surface area contributed by atoms with Crippen molar-refractivity contribution in [2.75, 3.05) is 0 Å². The predicted molar refractivity (Wildman–Crippen MR) is 69.8 cm³/mol. The SMILES string of the molecule is O=C(NC1CC2CCC1N2)c1cc2ccoc2cn1. The number of fused-ring (bicyclic) bond motifs is 3. The van der Waals surface area contributed by atoms with Gasteiger partial charge in [0.1, 0.15) is 5.69 Å². The molecule has 0 spiro atoms. The summed E-state index contributed by atoms with van der Waals surface area (Å²) in [6.07, 6.45) is 6.63. The summed E-state index contributed by atoms with van der Waals surface area (Å²) >= 11 is 0. The average Bonchev–Trinajstić information content (AvgIpc) is 3.13. The number of amides is 1. The number of nitrogens with zero attached hydrogens (tertiary/aromatic N) is 1. The van der Waals surface area contributed by atoms with Crippen molar-refractivity contribution in [2.45, 2.75) is 37.4 Å². The first-order chi connectivity index (χ1) is 9.29. The molecule has 4 rings (SSSR count). The van der Waals surface area contributed by atoms with Crippen molar-refractivity contribution in [1.29, 1.82) is 0 Å². The van der Waals surface area contributed by atoms with Gasteiger partial charge in [-0.1, -0.05) is 0 Å². The van der Waals surface area contributed by atoms with Gasteiger partial charge in [-0.25, -0.2) is 4.98 Å². The maximum absolute atomic E-state index is 12.2. The van der Waals surface area contributed by atoms with Crippen LogP contribution in [0.3, 0.4) is 0 Å². The minimum absolute atomic E-state index is 0.0950. The predicted octanol–water partition coefficient (Wildman–Crippen LogP) is 1.45. The standard InChI is InChI=1S/C14H15N3O2/c18-14(17-11-6-9-1-2-10(11)16-9)12-5-8-3-4-19-13(8)7-15-12/h3-5,7,9-11,16H,1-2,6H2,(H,17,18). The molecule has 4 heterocycles. The van der Waals surface area contributed by atoms with E-state index >= 15 is 0 Å². The molecule has 3 unspecified atom stereocenters. The molecule has 0 aliphatic carbocycles. The minimum Gasteiger partial charge on any atom is -0.463 e. The smallest absolute Gasteiger partial charge is 0.270 e. The third-order valence-corrected chi connectivity index (χ3v) is 4.19. The highest BCUT2D eigenvalue weighted by molar-refractivity contribution is 5.95. The number of nitrogens with one attached hydrogen (secondary N) is 2. The Morgan fingerprint density at radius 1 is 1.47 bits per heavy atom. The number of pyridine rings is 1. The molecule has 0 radical (unpaired) electrons. The molecule has 2 fully saturated rings. The van der Waals surface area contributed by atoms with Crippen LogP contribution in [0.2, 0.25) is 0 Å². The molecular weight excluding hydrogens is 242 g/mol. The summed E-state index contributed by atoms with van der Waals surface area (Å²) < 4.78 is 5.22. The maximum atomic E-state index is 12.2. The third-order valence-electron chi connectivity index (χ3n) is 4.19. The van der Waals surface area contributed by atoms with Crippen molar-refractivity contribution in [3.05, 3.63) is 30.3 Å². The largest absolute Gasteiger partial charge is 0.463 e. The van der Waals surface area contributed by atoms with Crippen LogP contribution in [-0.2, 0) is 0 Å². The fourth-order valence-electron chi connectivity index (χ4n) is 3.22. The van der Waals surface area contributed by atoms with Crippen LogP contribution in [-0.4, -0.2) is 29.0 Å². The van der Waals surface area contributed by atoms with Gasteiger partial charge in [-0.3, -0.25) is 4.79 Å². The Morgan fingerprint density at radius 3 is 3.21 bits per heavy atom. The van der Waals surface area contributed by atoms with E-state index < -0.39 is 0 Å². The van der Waals surface area contributed by atoms with Crippen LogP contribution < -0.4 is 10.6 Å². The highest BCUT2D eigenvalue weighted by Gasteiger charge is 2.39. The second-order valence-electron chi connectivity index (χ2n) is 5.39. The van der Waals surface area contributed by atoms with Crippen LogP contribution in [0, 0.1) is 0 Å². The van der Waals surface area contributed by atoms with Crippen molar-refractivity contribution in [3.63, 3.8) is 0 Å². The molecule has 1 amide bonds. The topological polar surface area (TPSA) is 67.2 Å². The van der Waals surface area contributed by atoms with E-state index in [-0.39, 0.29) is 11.9 Å². The highest BCUT2D eigenvalue weighted by atomic mass is 16.3. The van der Waals surface area contributed by atoms with Gasteiger partial charge < -0.3 is 15.1 Å². The first-order valence-corrected chi connectivity index (χ1v) is 6.70. The normalized spacial score (nSPS) is 28.9. The lowest BCUT2D eigenvalue weighted by molar-refractivity contribution is 0.0926. The first-order valence-electron chi connectivity index (χ1n) is 6.70. The van der Waals surface area contributed by atoms with Gasteiger partial charge >= 0.3 is 0 Å². The molecule has 2 aromatic heterocycles. The van der Waals surface area contributed by atoms with Crippen molar-refractivity contribution < 1.29 is 9.21 Å². The van der Waals surface area contributed by atoms with Gasteiger partial charge in [-0.15, -0.1) is 0 Å². The quantitative estimate of drug-likeness (QED) is 0.854. The molecule has 0 aromatic carbocycles. The molecule has 2 saturated heterocycles. The van der Waals surface area contributed by atoms with Crippen molar-refractivity contribution in [1.82, 2.24) is 15.6 Å². The molecule has 2 bridgehead atoms. The molecule has 2 N–H and O–H groups in total. The lowest BCUT2D eigenvalue weighted by atomic mass is 9.95. The maximum Gasteiger partial charge on any atom is 0.270 e. The molecule has 0 saturated carbocycles. The van der Waals surface area contributed by atoms with E-state index in [1.165, 1.54) is 6.42 Å². The minimum atomic E-state index is -0.0950. The number of hydrogen-bond donors (Lipinski definition) is 2. The van der Waals surface area contributed by atoms with Crippen molar-refractivity contribution >= 4 is 16.9 Å². The van der Waals surface area contributed by atoms with Crippen LogP contribution in [0.1, 0.15) is 29.8 Å². The lowest BCUT2D eigenvalue weighted by Gasteiger charge is -2.21. The van der Waals surface area contributed by atoms with Crippen LogP contribution in [0.4, 0.5) is 0 Å². The van der Waals surface area contributed by atoms with Crippen LogP contribution >= 0.6 is 0 Å². The number of carbonyl (C=O) groups excluding carboxylic acids is 1. The molecule has 5 heteroatoms. The molecular formula is C14H15N3O2. The van der Waals surface area contributed by atoms with Crippen LogP contribution in [0.5, 0.6) is 0 Å². The molecule has 2 aliphatic heterocycles. The van der Waals surface area contributed by atoms with Gasteiger partial charge in [0.25, 0.3) is 5.91 Å². The number of furan rings is 1. The summed E-state index contributed by atoms with van der Waals surface area (Å²) in [5.74, 6) is -0.0950. The Hall–Kier alpha value is -1.88. The summed E-state index contributed by atoms with van der Waals surface area (Å²) in [6.45, 7) is 0. The summed E-state index contributed by atoms with van der Waals surface area (Å²) in [6, 6.07) is 4.88. The van der Waals surface area contributed by atoms with Crippen LogP contribution in [0.25, 0.3) is 11.0 Å². The summed E-state index contributed by atoms with van der Waals surface area (Å²) in [5, 5.41) is 7.51. The van der Waals surface area contributed by atoms with E-state index in [1.54, 1.807) is 18.5 Å². The molecule has 3 atom stereocenters. The third kappa shape index (κ3) is 1.81. The second kappa shape index (κ2) is 4.06. The van der Waals surface area contributed by atoms with Gasteiger partial charge in [0.15, 0.2) is 5.58 Å². The zero-order valence-corrected chi connectivity index (χ0v) is 10.4. The Labute approximate surface area is 110 Å². The Balaban J connectivity index is 1.53. The van der Waals surface area contributed by atoms with E-state index in [0.29, 0.717) is 23.4 Å². The summed E-state index contributed by atoms with van der Waals surface area (Å²) in [5.41, 5.74) is 1.16.